The van der Waals surface area contributed by atoms with Gasteiger partial charge in [-0.3, -0.25) is 4.79 Å². The molecule has 1 saturated heterocycles. The Morgan fingerprint density at radius 1 is 1.37 bits per heavy atom. The van der Waals surface area contributed by atoms with Crippen LogP contribution in [0.15, 0.2) is 24.3 Å². The average Bonchev–Trinajstić information content (AvgIpc) is 2.46. The second-order valence-electron chi connectivity index (χ2n) is 4.78. The summed E-state index contributed by atoms with van der Waals surface area (Å²) in [4.78, 5) is 13.8. The Morgan fingerprint density at radius 3 is 2.68 bits per heavy atom. The Labute approximate surface area is 118 Å². The molecule has 1 aromatic carbocycles. The molecular weight excluding hydrogens is 264 g/mol. The highest BCUT2D eigenvalue weighted by atomic mass is 35.5. The van der Waals surface area contributed by atoms with Gasteiger partial charge in [-0.25, -0.2) is 0 Å². The number of hydrogen-bond donors (Lipinski definition) is 1. The third kappa shape index (κ3) is 3.85. The van der Waals surface area contributed by atoms with Gasteiger partial charge in [-0.05, 0) is 37.4 Å². The van der Waals surface area contributed by atoms with Gasteiger partial charge in [-0.2, -0.15) is 0 Å². The first kappa shape index (κ1) is 14.2. The van der Waals surface area contributed by atoms with Crippen molar-refractivity contribution in [3.05, 3.63) is 29.3 Å². The number of halogens is 1. The van der Waals surface area contributed by atoms with E-state index in [4.69, 9.17) is 22.1 Å². The van der Waals surface area contributed by atoms with Crippen molar-refractivity contribution in [2.24, 2.45) is 11.7 Å². The number of likely N-dealkylation sites (tertiary alicyclic amines) is 1. The molecule has 1 fully saturated rings. The summed E-state index contributed by atoms with van der Waals surface area (Å²) in [5.41, 5.74) is 5.63. The summed E-state index contributed by atoms with van der Waals surface area (Å²) < 4.78 is 5.46. The van der Waals surface area contributed by atoms with E-state index in [0.717, 1.165) is 25.9 Å². The fourth-order valence-electron chi connectivity index (χ4n) is 2.21. The zero-order chi connectivity index (χ0) is 13.7. The first-order chi connectivity index (χ1) is 9.20. The number of nitrogens with zero attached hydrogens (tertiary/aromatic N) is 1. The van der Waals surface area contributed by atoms with Crippen LogP contribution in [-0.2, 0) is 4.79 Å². The number of benzene rings is 1. The fraction of sp³-hybridized carbons (Fsp3) is 0.500. The average molecular weight is 283 g/mol. The van der Waals surface area contributed by atoms with E-state index < -0.39 is 0 Å². The summed E-state index contributed by atoms with van der Waals surface area (Å²) in [6.07, 6.45) is 1.96. The number of carbonyl (C=O) groups is 1. The van der Waals surface area contributed by atoms with E-state index >= 15 is 0 Å². The second kappa shape index (κ2) is 6.78. The van der Waals surface area contributed by atoms with Gasteiger partial charge in [0.05, 0.1) is 5.02 Å². The van der Waals surface area contributed by atoms with Crippen molar-refractivity contribution < 1.29 is 9.53 Å². The standard InChI is InChI=1S/C14H19ClN2O2/c15-12-3-1-2-4-13(12)19-10-14(18)17-7-5-11(9-16)6-8-17/h1-4,11H,5-10,16H2. The van der Waals surface area contributed by atoms with Crippen molar-refractivity contribution in [2.45, 2.75) is 12.8 Å². The van der Waals surface area contributed by atoms with Gasteiger partial charge < -0.3 is 15.4 Å². The monoisotopic (exact) mass is 282 g/mol. The summed E-state index contributed by atoms with van der Waals surface area (Å²) in [7, 11) is 0. The van der Waals surface area contributed by atoms with Crippen LogP contribution in [0.5, 0.6) is 5.75 Å². The minimum Gasteiger partial charge on any atom is -0.482 e. The van der Waals surface area contributed by atoms with E-state index in [1.54, 1.807) is 12.1 Å². The summed E-state index contributed by atoms with van der Waals surface area (Å²) in [5, 5.41) is 0.525. The lowest BCUT2D eigenvalue weighted by Crippen LogP contribution is -2.42. The van der Waals surface area contributed by atoms with Gasteiger partial charge in [0.25, 0.3) is 5.91 Å². The number of carbonyl (C=O) groups excluding carboxylic acids is 1. The largest absolute Gasteiger partial charge is 0.482 e. The van der Waals surface area contributed by atoms with E-state index in [9.17, 15) is 4.79 Å². The Hall–Kier alpha value is -1.26. The van der Waals surface area contributed by atoms with E-state index in [-0.39, 0.29) is 12.5 Å². The van der Waals surface area contributed by atoms with Crippen LogP contribution in [0.25, 0.3) is 0 Å². The van der Waals surface area contributed by atoms with Crippen LogP contribution in [0, 0.1) is 5.92 Å². The lowest BCUT2D eigenvalue weighted by Gasteiger charge is -2.31. The fourth-order valence-corrected chi connectivity index (χ4v) is 2.40. The molecule has 0 bridgehead atoms. The quantitative estimate of drug-likeness (QED) is 0.918. The maximum Gasteiger partial charge on any atom is 0.260 e. The number of amides is 1. The summed E-state index contributed by atoms with van der Waals surface area (Å²) in [6.45, 7) is 2.29. The van der Waals surface area contributed by atoms with Crippen LogP contribution < -0.4 is 10.5 Å². The van der Waals surface area contributed by atoms with Crippen molar-refractivity contribution in [3.8, 4) is 5.75 Å². The Balaban J connectivity index is 1.81. The Morgan fingerprint density at radius 2 is 2.05 bits per heavy atom. The highest BCUT2D eigenvalue weighted by Gasteiger charge is 2.22. The van der Waals surface area contributed by atoms with Crippen LogP contribution in [0.2, 0.25) is 5.02 Å². The highest BCUT2D eigenvalue weighted by molar-refractivity contribution is 6.32. The molecule has 104 valence electrons. The summed E-state index contributed by atoms with van der Waals surface area (Å²) in [6, 6.07) is 7.16. The lowest BCUT2D eigenvalue weighted by atomic mass is 9.97. The molecular formula is C14H19ClN2O2. The maximum atomic E-state index is 12.0. The predicted octanol–water partition coefficient (Wildman–Crippen LogP) is 1.92. The van der Waals surface area contributed by atoms with Crippen molar-refractivity contribution in [1.82, 2.24) is 4.90 Å². The zero-order valence-electron chi connectivity index (χ0n) is 10.8. The smallest absolute Gasteiger partial charge is 0.260 e. The summed E-state index contributed by atoms with van der Waals surface area (Å²) >= 11 is 5.97. The Kier molecular flexibility index (Phi) is 5.05. The molecule has 0 saturated carbocycles. The molecule has 0 aliphatic carbocycles. The lowest BCUT2D eigenvalue weighted by molar-refractivity contribution is -0.134. The molecule has 5 heteroatoms. The van der Waals surface area contributed by atoms with E-state index in [0.29, 0.717) is 23.2 Å². The van der Waals surface area contributed by atoms with Crippen LogP contribution in [0.1, 0.15) is 12.8 Å². The molecule has 1 aliphatic heterocycles. The molecule has 0 unspecified atom stereocenters. The van der Waals surface area contributed by atoms with Gasteiger partial charge in [0, 0.05) is 13.1 Å². The maximum absolute atomic E-state index is 12.0. The topological polar surface area (TPSA) is 55.6 Å². The first-order valence-corrected chi connectivity index (χ1v) is 6.93. The number of hydrogen-bond acceptors (Lipinski definition) is 3. The van der Waals surface area contributed by atoms with Gasteiger partial charge in [0.15, 0.2) is 6.61 Å². The molecule has 1 aliphatic rings. The van der Waals surface area contributed by atoms with E-state index in [2.05, 4.69) is 0 Å². The number of ether oxygens (including phenoxy) is 1. The number of piperidine rings is 1. The van der Waals surface area contributed by atoms with Crippen molar-refractivity contribution in [2.75, 3.05) is 26.2 Å². The van der Waals surface area contributed by atoms with Crippen molar-refractivity contribution in [1.29, 1.82) is 0 Å². The van der Waals surface area contributed by atoms with Crippen LogP contribution in [0.4, 0.5) is 0 Å². The van der Waals surface area contributed by atoms with Gasteiger partial charge >= 0.3 is 0 Å². The molecule has 1 amide bonds. The van der Waals surface area contributed by atoms with Gasteiger partial charge in [-0.1, -0.05) is 23.7 Å². The summed E-state index contributed by atoms with van der Waals surface area (Å²) in [5.74, 6) is 1.11. The first-order valence-electron chi connectivity index (χ1n) is 6.56. The number of para-hydroxylation sites is 1. The minimum atomic E-state index is 0.00962. The highest BCUT2D eigenvalue weighted by Crippen LogP contribution is 2.23. The van der Waals surface area contributed by atoms with Gasteiger partial charge in [0.2, 0.25) is 0 Å². The number of nitrogens with two attached hydrogens (primary N) is 1. The van der Waals surface area contributed by atoms with Crippen LogP contribution >= 0.6 is 11.6 Å². The zero-order valence-corrected chi connectivity index (χ0v) is 11.6. The SMILES string of the molecule is NCC1CCN(C(=O)COc2ccccc2Cl)CC1. The third-order valence-electron chi connectivity index (χ3n) is 3.49. The number of rotatable bonds is 4. The molecule has 0 spiro atoms. The van der Waals surface area contributed by atoms with E-state index in [1.165, 1.54) is 0 Å². The molecule has 1 heterocycles. The van der Waals surface area contributed by atoms with Crippen molar-refractivity contribution >= 4 is 17.5 Å². The molecule has 2 N–H and O–H groups in total. The van der Waals surface area contributed by atoms with Gasteiger partial charge in [0.1, 0.15) is 5.75 Å². The van der Waals surface area contributed by atoms with Crippen molar-refractivity contribution in [3.63, 3.8) is 0 Å². The predicted molar refractivity (Wildman–Crippen MR) is 75.3 cm³/mol. The molecule has 1 aromatic rings. The normalized spacial score (nSPS) is 16.4. The molecule has 4 nitrogen and oxygen atoms in total. The third-order valence-corrected chi connectivity index (χ3v) is 3.80. The second-order valence-corrected chi connectivity index (χ2v) is 5.19. The molecule has 2 rings (SSSR count). The molecule has 0 atom stereocenters. The minimum absolute atomic E-state index is 0.00962. The van der Waals surface area contributed by atoms with Crippen LogP contribution in [-0.4, -0.2) is 37.0 Å². The van der Waals surface area contributed by atoms with E-state index in [1.807, 2.05) is 17.0 Å². The van der Waals surface area contributed by atoms with Crippen LogP contribution in [0.3, 0.4) is 0 Å². The molecule has 19 heavy (non-hydrogen) atoms. The molecule has 0 radical (unpaired) electrons. The molecule has 0 aromatic heterocycles. The Bertz CT molecular complexity index is 431. The van der Waals surface area contributed by atoms with Gasteiger partial charge in [-0.15, -0.1) is 0 Å².